The summed E-state index contributed by atoms with van der Waals surface area (Å²) >= 11 is 0. The first kappa shape index (κ1) is 23.0. The van der Waals surface area contributed by atoms with Crippen LogP contribution in [0.4, 0.5) is 0 Å². The number of benzene rings is 1. The van der Waals surface area contributed by atoms with Gasteiger partial charge in [0, 0.05) is 31.0 Å². The molecule has 1 N–H and O–H groups in total. The van der Waals surface area contributed by atoms with Crippen LogP contribution in [0.3, 0.4) is 0 Å². The van der Waals surface area contributed by atoms with Crippen LogP contribution in [0, 0.1) is 18.3 Å². The first-order valence-electron chi connectivity index (χ1n) is 10.8. The normalized spacial score (nSPS) is 10.5. The van der Waals surface area contributed by atoms with Crippen LogP contribution < -0.4 is 5.32 Å². The Bertz CT molecular complexity index is 1040. The van der Waals surface area contributed by atoms with Gasteiger partial charge < -0.3 is 10.2 Å². The second-order valence-corrected chi connectivity index (χ2v) is 7.66. The number of aromatic nitrogens is 3. The number of pyridine rings is 1. The van der Waals surface area contributed by atoms with Crippen LogP contribution in [0.2, 0.25) is 0 Å². The van der Waals surface area contributed by atoms with Crippen molar-refractivity contribution in [2.24, 2.45) is 0 Å². The van der Waals surface area contributed by atoms with Crippen molar-refractivity contribution in [1.82, 2.24) is 25.2 Å². The Balaban J connectivity index is 1.68. The van der Waals surface area contributed by atoms with Gasteiger partial charge in [-0.3, -0.25) is 19.7 Å². The van der Waals surface area contributed by atoms with Gasteiger partial charge in [-0.15, -0.1) is 0 Å². The third-order valence-electron chi connectivity index (χ3n) is 4.97. The number of rotatable bonds is 10. The second-order valence-electron chi connectivity index (χ2n) is 7.66. The number of hydrogen-bond donors (Lipinski definition) is 1. The second kappa shape index (κ2) is 11.7. The molecule has 7 nitrogen and oxygen atoms in total. The van der Waals surface area contributed by atoms with Gasteiger partial charge in [0.25, 0.3) is 0 Å². The fourth-order valence-electron chi connectivity index (χ4n) is 3.22. The molecule has 0 saturated carbocycles. The van der Waals surface area contributed by atoms with Gasteiger partial charge in [0.2, 0.25) is 5.91 Å². The van der Waals surface area contributed by atoms with E-state index in [4.69, 9.17) is 5.26 Å². The molecule has 0 fully saturated rings. The van der Waals surface area contributed by atoms with Gasteiger partial charge in [-0.05, 0) is 37.1 Å². The fraction of sp³-hybridized carbons (Fsp3) is 0.320. The van der Waals surface area contributed by atoms with Crippen molar-refractivity contribution in [3.05, 3.63) is 77.5 Å². The first-order chi connectivity index (χ1) is 15.6. The van der Waals surface area contributed by atoms with E-state index in [1.54, 1.807) is 17.3 Å². The van der Waals surface area contributed by atoms with Gasteiger partial charge >= 0.3 is 0 Å². The van der Waals surface area contributed by atoms with Crippen LogP contribution in [0.25, 0.3) is 11.3 Å². The van der Waals surface area contributed by atoms with Gasteiger partial charge in [-0.2, -0.15) is 5.26 Å². The Morgan fingerprint density at radius 1 is 1.00 bits per heavy atom. The van der Waals surface area contributed by atoms with Crippen molar-refractivity contribution >= 4 is 5.91 Å². The average Bonchev–Trinajstić information content (AvgIpc) is 2.81. The third kappa shape index (κ3) is 6.69. The van der Waals surface area contributed by atoms with E-state index < -0.39 is 0 Å². The lowest BCUT2D eigenvalue weighted by Gasteiger charge is -2.21. The minimum atomic E-state index is -0.229. The highest BCUT2D eigenvalue weighted by Gasteiger charge is 2.15. The molecule has 164 valence electrons. The van der Waals surface area contributed by atoms with Crippen LogP contribution in [-0.4, -0.2) is 32.3 Å². The smallest absolute Gasteiger partial charge is 0.237 e. The molecule has 1 amide bonds. The minimum Gasteiger partial charge on any atom is -0.332 e. The molecule has 7 heteroatoms. The standard InChI is InChI=1S/C25H28N6O/c1-3-12-27-14-21-6-9-24(30-15-21)22-7-4-20(5-8-22)17-31(25(32)10-11-26)18-23-16-28-19(2)13-29-23/h4-9,13,15-16,27H,3,10,12,14,17-18H2,1-2H3. The van der Waals surface area contributed by atoms with E-state index in [0.29, 0.717) is 18.8 Å². The molecule has 0 radical (unpaired) electrons. The molecule has 0 atom stereocenters. The number of carbonyl (C=O) groups is 1. The Morgan fingerprint density at radius 2 is 1.78 bits per heavy atom. The summed E-state index contributed by atoms with van der Waals surface area (Å²) < 4.78 is 0. The number of nitriles is 1. The number of nitrogens with zero attached hydrogens (tertiary/aromatic N) is 5. The zero-order valence-electron chi connectivity index (χ0n) is 18.6. The zero-order chi connectivity index (χ0) is 22.8. The molecule has 0 unspecified atom stereocenters. The van der Waals surface area contributed by atoms with Crippen LogP contribution in [-0.2, 0) is 24.4 Å². The van der Waals surface area contributed by atoms with Crippen LogP contribution in [0.15, 0.2) is 55.0 Å². The van der Waals surface area contributed by atoms with Crippen LogP contribution in [0.5, 0.6) is 0 Å². The van der Waals surface area contributed by atoms with Gasteiger partial charge in [-0.1, -0.05) is 37.3 Å². The number of carbonyl (C=O) groups excluding carboxylic acids is 1. The van der Waals surface area contributed by atoms with Crippen molar-refractivity contribution in [1.29, 1.82) is 5.26 Å². The van der Waals surface area contributed by atoms with Gasteiger partial charge in [0.15, 0.2) is 0 Å². The zero-order valence-corrected chi connectivity index (χ0v) is 18.6. The third-order valence-corrected chi connectivity index (χ3v) is 4.97. The van der Waals surface area contributed by atoms with E-state index in [1.807, 2.05) is 49.5 Å². The molecule has 3 rings (SSSR count). The molecule has 0 aliphatic carbocycles. The number of nitrogens with one attached hydrogen (secondary N) is 1. The predicted molar refractivity (Wildman–Crippen MR) is 123 cm³/mol. The fourth-order valence-corrected chi connectivity index (χ4v) is 3.22. The monoisotopic (exact) mass is 428 g/mol. The van der Waals surface area contributed by atoms with Gasteiger partial charge in [0.1, 0.15) is 6.42 Å². The van der Waals surface area contributed by atoms with E-state index in [2.05, 4.69) is 33.3 Å². The lowest BCUT2D eigenvalue weighted by Crippen LogP contribution is -2.30. The number of aryl methyl sites for hydroxylation is 1. The topological polar surface area (TPSA) is 94.8 Å². The number of hydrogen-bond acceptors (Lipinski definition) is 6. The summed E-state index contributed by atoms with van der Waals surface area (Å²) in [7, 11) is 0. The lowest BCUT2D eigenvalue weighted by molar-refractivity contribution is -0.131. The van der Waals surface area contributed by atoms with Gasteiger partial charge in [-0.25, -0.2) is 0 Å². The highest BCUT2D eigenvalue weighted by atomic mass is 16.2. The highest BCUT2D eigenvalue weighted by molar-refractivity contribution is 5.78. The molecule has 0 aliphatic heterocycles. The molecular weight excluding hydrogens is 400 g/mol. The summed E-state index contributed by atoms with van der Waals surface area (Å²) in [6.07, 6.45) is 6.18. The van der Waals surface area contributed by atoms with Crippen molar-refractivity contribution < 1.29 is 4.79 Å². The summed E-state index contributed by atoms with van der Waals surface area (Å²) in [6, 6.07) is 14.0. The molecule has 2 aromatic heterocycles. The van der Waals surface area contributed by atoms with E-state index in [9.17, 15) is 4.79 Å². The van der Waals surface area contributed by atoms with E-state index in [1.165, 1.54) is 0 Å². The Morgan fingerprint density at radius 3 is 2.41 bits per heavy atom. The molecule has 0 aliphatic rings. The quantitative estimate of drug-likeness (QED) is 0.494. The van der Waals surface area contributed by atoms with Crippen molar-refractivity contribution in [2.75, 3.05) is 6.54 Å². The van der Waals surface area contributed by atoms with Gasteiger partial charge in [0.05, 0.1) is 35.9 Å². The van der Waals surface area contributed by atoms with Crippen LogP contribution >= 0.6 is 0 Å². The molecule has 1 aromatic carbocycles. The molecule has 32 heavy (non-hydrogen) atoms. The van der Waals surface area contributed by atoms with Crippen molar-refractivity contribution in [3.8, 4) is 17.3 Å². The lowest BCUT2D eigenvalue weighted by atomic mass is 10.1. The summed E-state index contributed by atoms with van der Waals surface area (Å²) in [5, 5.41) is 12.3. The number of amides is 1. The maximum Gasteiger partial charge on any atom is 0.237 e. The maximum absolute atomic E-state index is 12.5. The van der Waals surface area contributed by atoms with E-state index in [0.717, 1.165) is 47.6 Å². The average molecular weight is 429 g/mol. The molecule has 0 bridgehead atoms. The summed E-state index contributed by atoms with van der Waals surface area (Å²) in [4.78, 5) is 27.3. The van der Waals surface area contributed by atoms with E-state index in [-0.39, 0.29) is 12.3 Å². The molecule has 2 heterocycles. The van der Waals surface area contributed by atoms with Crippen molar-refractivity contribution in [3.63, 3.8) is 0 Å². The summed E-state index contributed by atoms with van der Waals surface area (Å²) in [5.74, 6) is -0.229. The largest absolute Gasteiger partial charge is 0.332 e. The van der Waals surface area contributed by atoms with Crippen LogP contribution in [0.1, 0.15) is 42.3 Å². The molecule has 0 spiro atoms. The molecule has 0 saturated heterocycles. The molecular formula is C25H28N6O. The van der Waals surface area contributed by atoms with Crippen molar-refractivity contribution in [2.45, 2.75) is 46.3 Å². The SMILES string of the molecule is CCCNCc1ccc(-c2ccc(CN(Cc3cnc(C)cn3)C(=O)CC#N)cc2)nc1. The predicted octanol–water partition coefficient (Wildman–Crippen LogP) is 3.79. The minimum absolute atomic E-state index is 0.166. The maximum atomic E-state index is 12.5. The highest BCUT2D eigenvalue weighted by Crippen LogP contribution is 2.19. The van der Waals surface area contributed by atoms with E-state index >= 15 is 0 Å². The molecule has 3 aromatic rings. The Hall–Kier alpha value is -3.63. The summed E-state index contributed by atoms with van der Waals surface area (Å²) in [5.41, 5.74) is 5.56. The first-order valence-corrected chi connectivity index (χ1v) is 10.8. The summed E-state index contributed by atoms with van der Waals surface area (Å²) in [6.45, 7) is 6.53. The Kier molecular flexibility index (Phi) is 8.41. The Labute approximate surface area is 189 Å².